The summed E-state index contributed by atoms with van der Waals surface area (Å²) in [7, 11) is -1.46. The van der Waals surface area contributed by atoms with E-state index in [4.69, 9.17) is 23.2 Å². The predicted molar refractivity (Wildman–Crippen MR) is 85.0 cm³/mol. The van der Waals surface area contributed by atoms with Crippen molar-refractivity contribution in [1.29, 1.82) is 0 Å². The van der Waals surface area contributed by atoms with Crippen molar-refractivity contribution in [3.63, 3.8) is 0 Å². The maximum Gasteiger partial charge on any atom is 0.212 e. The third-order valence-corrected chi connectivity index (χ3v) is 4.98. The highest BCUT2D eigenvalue weighted by molar-refractivity contribution is 7.89. The fourth-order valence-corrected chi connectivity index (χ4v) is 3.78. The van der Waals surface area contributed by atoms with Crippen molar-refractivity contribution >= 4 is 33.2 Å². The van der Waals surface area contributed by atoms with Gasteiger partial charge in [0.15, 0.2) is 0 Å². The molecule has 0 fully saturated rings. The summed E-state index contributed by atoms with van der Waals surface area (Å²) in [6.07, 6.45) is 1.45. The third-order valence-electron chi connectivity index (χ3n) is 2.88. The summed E-state index contributed by atoms with van der Waals surface area (Å²) in [6.45, 7) is 2.58. The predicted octanol–water partition coefficient (Wildman–Crippen LogP) is 2.97. The van der Waals surface area contributed by atoms with Crippen molar-refractivity contribution in [2.45, 2.75) is 25.8 Å². The molecule has 0 heterocycles. The Hall–Kier alpha value is -0.330. The first kappa shape index (κ1) is 17.7. The molecular weight excluding hydrogens is 319 g/mol. The molecule has 0 bridgehead atoms. The summed E-state index contributed by atoms with van der Waals surface area (Å²) in [6, 6.07) is 4.66. The van der Waals surface area contributed by atoms with E-state index < -0.39 is 10.0 Å². The Labute approximate surface area is 130 Å². The van der Waals surface area contributed by atoms with Crippen LogP contribution in [-0.2, 0) is 10.0 Å². The zero-order valence-corrected chi connectivity index (χ0v) is 13.9. The molecule has 0 saturated heterocycles. The van der Waals surface area contributed by atoms with E-state index in [9.17, 15) is 8.42 Å². The lowest BCUT2D eigenvalue weighted by molar-refractivity contribution is 0.562. The normalized spacial score (nSPS) is 13.4. The Balaban J connectivity index is 2.62. The second-order valence-corrected chi connectivity index (χ2v) is 7.35. The lowest BCUT2D eigenvalue weighted by Crippen LogP contribution is -2.29. The van der Waals surface area contributed by atoms with Crippen LogP contribution < -0.4 is 10.0 Å². The number of unbranched alkanes of at least 4 members (excludes halogenated alkanes) is 1. The Morgan fingerprint density at radius 2 is 1.95 bits per heavy atom. The van der Waals surface area contributed by atoms with Crippen LogP contribution in [0.15, 0.2) is 18.2 Å². The molecule has 7 heteroatoms. The van der Waals surface area contributed by atoms with E-state index in [1.165, 1.54) is 0 Å². The number of rotatable bonds is 8. The van der Waals surface area contributed by atoms with Gasteiger partial charge in [-0.2, -0.15) is 0 Å². The first-order valence-electron chi connectivity index (χ1n) is 6.45. The molecule has 0 radical (unpaired) electrons. The summed E-state index contributed by atoms with van der Waals surface area (Å²) in [5.74, 6) is 0.115. The molecule has 0 aromatic heterocycles. The molecule has 0 saturated carbocycles. The van der Waals surface area contributed by atoms with Crippen molar-refractivity contribution in [3.8, 4) is 0 Å². The zero-order valence-electron chi connectivity index (χ0n) is 11.6. The van der Waals surface area contributed by atoms with Gasteiger partial charge in [0, 0.05) is 16.1 Å². The number of hydrogen-bond acceptors (Lipinski definition) is 3. The van der Waals surface area contributed by atoms with Crippen LogP contribution in [-0.4, -0.2) is 27.8 Å². The van der Waals surface area contributed by atoms with Gasteiger partial charge in [-0.3, -0.25) is 0 Å². The van der Waals surface area contributed by atoms with Crippen LogP contribution in [0.4, 0.5) is 0 Å². The van der Waals surface area contributed by atoms with Crippen molar-refractivity contribution in [2.75, 3.05) is 19.3 Å². The van der Waals surface area contributed by atoms with Crippen LogP contribution in [0.3, 0.4) is 0 Å². The minimum atomic E-state index is -3.31. The maximum absolute atomic E-state index is 12.0. The molecule has 0 amide bonds. The monoisotopic (exact) mass is 338 g/mol. The molecule has 1 aromatic rings. The SMILES string of the molecule is CNCCCCS(=O)(=O)NC(C)c1ccc(Cl)cc1Cl. The van der Waals surface area contributed by atoms with Crippen molar-refractivity contribution in [2.24, 2.45) is 0 Å². The molecule has 1 atom stereocenters. The summed E-state index contributed by atoms with van der Waals surface area (Å²) in [5, 5.41) is 3.98. The second kappa shape index (κ2) is 8.20. The first-order valence-corrected chi connectivity index (χ1v) is 8.86. The van der Waals surface area contributed by atoms with Gasteiger partial charge >= 0.3 is 0 Å². The zero-order chi connectivity index (χ0) is 15.2. The molecule has 114 valence electrons. The van der Waals surface area contributed by atoms with Gasteiger partial charge in [0.25, 0.3) is 0 Å². The Bertz CT molecular complexity index is 535. The quantitative estimate of drug-likeness (QED) is 0.716. The largest absolute Gasteiger partial charge is 0.320 e. The van der Waals surface area contributed by atoms with E-state index in [0.717, 1.165) is 18.5 Å². The van der Waals surface area contributed by atoms with Gasteiger partial charge in [-0.15, -0.1) is 0 Å². The van der Waals surface area contributed by atoms with Gasteiger partial charge in [-0.25, -0.2) is 13.1 Å². The van der Waals surface area contributed by atoms with Crippen molar-refractivity contribution in [1.82, 2.24) is 10.0 Å². The Kier molecular flexibility index (Phi) is 7.26. The van der Waals surface area contributed by atoms with E-state index in [-0.39, 0.29) is 11.8 Å². The number of halogens is 2. The topological polar surface area (TPSA) is 58.2 Å². The highest BCUT2D eigenvalue weighted by Gasteiger charge is 2.17. The van der Waals surface area contributed by atoms with E-state index in [2.05, 4.69) is 10.0 Å². The highest BCUT2D eigenvalue weighted by atomic mass is 35.5. The summed E-state index contributed by atoms with van der Waals surface area (Å²) in [5.41, 5.74) is 0.717. The summed E-state index contributed by atoms with van der Waals surface area (Å²) in [4.78, 5) is 0. The van der Waals surface area contributed by atoms with Crippen molar-refractivity contribution in [3.05, 3.63) is 33.8 Å². The van der Waals surface area contributed by atoms with E-state index in [0.29, 0.717) is 16.5 Å². The fraction of sp³-hybridized carbons (Fsp3) is 0.538. The lowest BCUT2D eigenvalue weighted by atomic mass is 10.1. The Morgan fingerprint density at radius 3 is 2.55 bits per heavy atom. The number of nitrogens with one attached hydrogen (secondary N) is 2. The molecule has 1 rings (SSSR count). The van der Waals surface area contributed by atoms with Gasteiger partial charge in [0.2, 0.25) is 10.0 Å². The maximum atomic E-state index is 12.0. The average molecular weight is 339 g/mol. The molecule has 0 aliphatic heterocycles. The highest BCUT2D eigenvalue weighted by Crippen LogP contribution is 2.26. The molecule has 4 nitrogen and oxygen atoms in total. The minimum Gasteiger partial charge on any atom is -0.320 e. The smallest absolute Gasteiger partial charge is 0.212 e. The lowest BCUT2D eigenvalue weighted by Gasteiger charge is -2.16. The Morgan fingerprint density at radius 1 is 1.25 bits per heavy atom. The number of hydrogen-bond donors (Lipinski definition) is 2. The summed E-state index contributed by atoms with van der Waals surface area (Å²) >= 11 is 11.9. The molecule has 1 unspecified atom stereocenters. The molecule has 1 aromatic carbocycles. The van der Waals surface area contributed by atoms with Gasteiger partial charge in [-0.1, -0.05) is 29.3 Å². The van der Waals surface area contributed by atoms with Gasteiger partial charge in [-0.05, 0) is 51.1 Å². The molecule has 2 N–H and O–H groups in total. The van der Waals surface area contributed by atoms with Crippen LogP contribution in [0, 0.1) is 0 Å². The number of benzene rings is 1. The minimum absolute atomic E-state index is 0.115. The third kappa shape index (κ3) is 5.97. The number of sulfonamides is 1. The standard InChI is InChI=1S/C13H20Cl2N2O2S/c1-10(12-6-5-11(14)9-13(12)15)17-20(18,19)8-4-3-7-16-2/h5-6,9-10,16-17H,3-4,7-8H2,1-2H3. The van der Waals surface area contributed by atoms with Gasteiger partial charge in [0.05, 0.1) is 5.75 Å². The fourth-order valence-electron chi connectivity index (χ4n) is 1.84. The van der Waals surface area contributed by atoms with E-state index in [1.54, 1.807) is 25.1 Å². The molecule has 0 aliphatic carbocycles. The van der Waals surface area contributed by atoms with Crippen LogP contribution >= 0.6 is 23.2 Å². The first-order chi connectivity index (χ1) is 9.35. The van der Waals surface area contributed by atoms with Crippen LogP contribution in [0.25, 0.3) is 0 Å². The van der Waals surface area contributed by atoms with E-state index >= 15 is 0 Å². The van der Waals surface area contributed by atoms with E-state index in [1.807, 2.05) is 7.05 Å². The van der Waals surface area contributed by atoms with Gasteiger partial charge < -0.3 is 5.32 Å². The molecule has 20 heavy (non-hydrogen) atoms. The molecular formula is C13H20Cl2N2O2S. The van der Waals surface area contributed by atoms with Gasteiger partial charge in [0.1, 0.15) is 0 Å². The molecule has 0 aliphatic rings. The van der Waals surface area contributed by atoms with Crippen LogP contribution in [0.2, 0.25) is 10.0 Å². The average Bonchev–Trinajstić information content (AvgIpc) is 2.34. The summed E-state index contributed by atoms with van der Waals surface area (Å²) < 4.78 is 26.5. The molecule has 0 spiro atoms. The van der Waals surface area contributed by atoms with Crippen LogP contribution in [0.5, 0.6) is 0 Å². The second-order valence-electron chi connectivity index (χ2n) is 4.63. The van der Waals surface area contributed by atoms with Crippen molar-refractivity contribution < 1.29 is 8.42 Å². The van der Waals surface area contributed by atoms with Crippen LogP contribution in [0.1, 0.15) is 31.4 Å².